The molecular formula is C23H27ClN6O2S. The number of hydrogen-bond donors (Lipinski definition) is 2. The fourth-order valence-electron chi connectivity index (χ4n) is 5.85. The van der Waals surface area contributed by atoms with Crippen LogP contribution < -0.4 is 15.2 Å². The number of rotatable bonds is 8. The number of amides is 1. The van der Waals surface area contributed by atoms with Crippen molar-refractivity contribution in [1.82, 2.24) is 24.9 Å². The topological polar surface area (TPSA) is 84.3 Å². The Balaban J connectivity index is 1.00. The lowest BCUT2D eigenvalue weighted by molar-refractivity contribution is 0.0624. The lowest BCUT2D eigenvalue weighted by Crippen LogP contribution is -2.37. The molecule has 1 atom stereocenters. The molecule has 0 bridgehead atoms. The number of fused-ring (bicyclic) bond motifs is 1. The Labute approximate surface area is 202 Å². The lowest BCUT2D eigenvalue weighted by atomic mass is 10.2. The van der Waals surface area contributed by atoms with Gasteiger partial charge >= 0.3 is 0 Å². The Morgan fingerprint density at radius 3 is 2.73 bits per heavy atom. The third-order valence-electron chi connectivity index (χ3n) is 7.75. The van der Waals surface area contributed by atoms with E-state index in [0.29, 0.717) is 11.4 Å². The Morgan fingerprint density at radius 1 is 1.33 bits per heavy atom. The van der Waals surface area contributed by atoms with Crippen molar-refractivity contribution in [3.63, 3.8) is 0 Å². The van der Waals surface area contributed by atoms with Crippen LogP contribution in [-0.2, 0) is 11.8 Å². The van der Waals surface area contributed by atoms with Gasteiger partial charge in [-0.15, -0.1) is 0 Å². The Hall–Kier alpha value is -2.07. The first kappa shape index (κ1) is 21.5. The van der Waals surface area contributed by atoms with E-state index in [1.807, 2.05) is 32.4 Å². The number of nitrogens with one attached hydrogen (secondary N) is 2. The lowest BCUT2D eigenvalue weighted by Gasteiger charge is -2.19. The molecular weight excluding hydrogens is 460 g/mol. The van der Waals surface area contributed by atoms with Crippen LogP contribution in [0.25, 0.3) is 0 Å². The maximum absolute atomic E-state index is 12.6. The SMILES string of the molecule is Cc1nn(C)cc1SNC(=O)c1ccc(N2C=CC(OCCC3C4(CC4)C34CC4)N2)nc1Cl. The molecule has 3 fully saturated rings. The number of aryl methyl sites for hydroxylation is 2. The molecule has 33 heavy (non-hydrogen) atoms. The molecule has 2 aromatic rings. The maximum Gasteiger partial charge on any atom is 0.264 e. The summed E-state index contributed by atoms with van der Waals surface area (Å²) in [5, 5.41) is 6.18. The van der Waals surface area contributed by atoms with Crippen LogP contribution in [0.15, 0.2) is 35.5 Å². The summed E-state index contributed by atoms with van der Waals surface area (Å²) in [6.45, 7) is 2.66. The van der Waals surface area contributed by atoms with Crippen LogP contribution in [-0.4, -0.2) is 33.5 Å². The molecule has 1 aliphatic heterocycles. The number of hydrazine groups is 1. The molecule has 2 aromatic heterocycles. The summed E-state index contributed by atoms with van der Waals surface area (Å²) in [5.74, 6) is 1.19. The molecule has 0 saturated heterocycles. The van der Waals surface area contributed by atoms with Crippen LogP contribution in [0.3, 0.4) is 0 Å². The summed E-state index contributed by atoms with van der Waals surface area (Å²) in [6, 6.07) is 3.44. The van der Waals surface area contributed by atoms with Gasteiger partial charge in [0.1, 0.15) is 17.2 Å². The monoisotopic (exact) mass is 486 g/mol. The van der Waals surface area contributed by atoms with Crippen LogP contribution in [0.4, 0.5) is 5.82 Å². The van der Waals surface area contributed by atoms with E-state index in [1.165, 1.54) is 37.6 Å². The number of carbonyl (C=O) groups excluding carboxylic acids is 1. The molecule has 3 saturated carbocycles. The van der Waals surface area contributed by atoms with E-state index < -0.39 is 0 Å². The van der Waals surface area contributed by atoms with E-state index in [4.69, 9.17) is 16.3 Å². The number of carbonyl (C=O) groups is 1. The van der Waals surface area contributed by atoms with Crippen molar-refractivity contribution in [1.29, 1.82) is 0 Å². The molecule has 2 spiro atoms. The van der Waals surface area contributed by atoms with Crippen molar-refractivity contribution < 1.29 is 9.53 Å². The van der Waals surface area contributed by atoms with Crippen molar-refractivity contribution in [3.05, 3.63) is 47.0 Å². The minimum atomic E-state index is -0.305. The smallest absolute Gasteiger partial charge is 0.264 e. The number of halogens is 1. The van der Waals surface area contributed by atoms with Crippen LogP contribution in [0.2, 0.25) is 5.15 Å². The summed E-state index contributed by atoms with van der Waals surface area (Å²) >= 11 is 7.55. The van der Waals surface area contributed by atoms with Gasteiger partial charge in [-0.3, -0.25) is 19.2 Å². The molecule has 174 valence electrons. The van der Waals surface area contributed by atoms with Crippen molar-refractivity contribution >= 4 is 35.3 Å². The predicted octanol–water partition coefficient (Wildman–Crippen LogP) is 3.98. The van der Waals surface area contributed by atoms with Gasteiger partial charge < -0.3 is 4.74 Å². The van der Waals surface area contributed by atoms with Crippen molar-refractivity contribution in [2.24, 2.45) is 23.8 Å². The highest BCUT2D eigenvalue weighted by atomic mass is 35.5. The van der Waals surface area contributed by atoms with Gasteiger partial charge in [0, 0.05) is 26.1 Å². The van der Waals surface area contributed by atoms with Crippen LogP contribution in [0, 0.1) is 23.7 Å². The molecule has 8 nitrogen and oxygen atoms in total. The van der Waals surface area contributed by atoms with E-state index in [9.17, 15) is 4.79 Å². The molecule has 6 rings (SSSR count). The van der Waals surface area contributed by atoms with Gasteiger partial charge in [0.05, 0.1) is 16.2 Å². The van der Waals surface area contributed by atoms with Gasteiger partial charge in [0.25, 0.3) is 5.91 Å². The fraction of sp³-hybridized carbons (Fsp3) is 0.522. The zero-order valence-electron chi connectivity index (χ0n) is 18.7. The van der Waals surface area contributed by atoms with Crippen molar-refractivity contribution in [2.75, 3.05) is 11.6 Å². The molecule has 2 N–H and O–H groups in total. The van der Waals surface area contributed by atoms with Crippen molar-refractivity contribution in [3.8, 4) is 0 Å². The minimum absolute atomic E-state index is 0.145. The minimum Gasteiger partial charge on any atom is -0.358 e. The fourth-order valence-corrected chi connectivity index (χ4v) is 6.80. The van der Waals surface area contributed by atoms with E-state index in [-0.39, 0.29) is 17.3 Å². The second-order valence-corrected chi connectivity index (χ2v) is 10.8. The van der Waals surface area contributed by atoms with Crippen LogP contribution in [0.1, 0.15) is 48.2 Å². The Bertz CT molecular complexity index is 1120. The highest BCUT2D eigenvalue weighted by molar-refractivity contribution is 7.98. The zero-order valence-corrected chi connectivity index (χ0v) is 20.2. The normalized spacial score (nSPS) is 23.5. The number of pyridine rings is 1. The molecule has 4 aliphatic rings. The first-order valence-electron chi connectivity index (χ1n) is 11.4. The van der Waals surface area contributed by atoms with Crippen molar-refractivity contribution in [2.45, 2.75) is 50.2 Å². The number of ether oxygens (including phenoxy) is 1. The number of hydrogen-bond acceptors (Lipinski definition) is 7. The van der Waals surface area contributed by atoms with Gasteiger partial charge in [0.15, 0.2) is 0 Å². The summed E-state index contributed by atoms with van der Waals surface area (Å²) in [4.78, 5) is 17.8. The second-order valence-electron chi connectivity index (χ2n) is 9.58. The molecule has 0 aromatic carbocycles. The first-order chi connectivity index (χ1) is 15.9. The molecule has 1 unspecified atom stereocenters. The Morgan fingerprint density at radius 2 is 2.09 bits per heavy atom. The highest BCUT2D eigenvalue weighted by Gasteiger charge is 2.85. The van der Waals surface area contributed by atoms with E-state index in [1.54, 1.807) is 21.8 Å². The highest BCUT2D eigenvalue weighted by Crippen LogP contribution is 2.93. The molecule has 1 amide bonds. The molecule has 3 aliphatic carbocycles. The standard InChI is InChI=1S/C23H27ClN6O2S/c1-14-16(13-29(2)26-14)33-28-21(31)15-3-4-18(25-20(15)24)30-11-5-19(27-30)32-12-6-17-22(7-8-22)23(17)9-10-23/h3-5,11,13,17,19,27H,6-10,12H2,1-2H3,(H,28,31). The summed E-state index contributed by atoms with van der Waals surface area (Å²) in [6.07, 6.45) is 12.4. The third-order valence-corrected chi connectivity index (χ3v) is 8.94. The molecule has 10 heteroatoms. The zero-order chi connectivity index (χ0) is 22.8. The van der Waals surface area contributed by atoms with Gasteiger partial charge in [0.2, 0.25) is 0 Å². The van der Waals surface area contributed by atoms with Gasteiger partial charge in [-0.1, -0.05) is 11.6 Å². The maximum atomic E-state index is 12.6. The van der Waals surface area contributed by atoms with Gasteiger partial charge in [-0.25, -0.2) is 4.98 Å². The van der Waals surface area contributed by atoms with Gasteiger partial charge in [-0.05, 0) is 85.9 Å². The number of aromatic nitrogens is 3. The average Bonchev–Trinajstić information content (AvgIpc) is 3.73. The molecule has 0 radical (unpaired) electrons. The average molecular weight is 487 g/mol. The number of nitrogens with zero attached hydrogens (tertiary/aromatic N) is 4. The first-order valence-corrected chi connectivity index (χ1v) is 12.6. The van der Waals surface area contributed by atoms with E-state index >= 15 is 0 Å². The summed E-state index contributed by atoms with van der Waals surface area (Å²) < 4.78 is 10.6. The van der Waals surface area contributed by atoms with Crippen LogP contribution in [0.5, 0.6) is 0 Å². The van der Waals surface area contributed by atoms with E-state index in [2.05, 4.69) is 20.2 Å². The second kappa shape index (κ2) is 7.73. The third kappa shape index (κ3) is 3.65. The molecule has 3 heterocycles. The number of anilines is 1. The largest absolute Gasteiger partial charge is 0.358 e. The van der Waals surface area contributed by atoms with Gasteiger partial charge in [-0.2, -0.15) is 10.5 Å². The Kier molecular flexibility index (Phi) is 5.03. The van der Waals surface area contributed by atoms with Crippen LogP contribution >= 0.6 is 23.5 Å². The quantitative estimate of drug-likeness (QED) is 0.431. The summed E-state index contributed by atoms with van der Waals surface area (Å²) in [7, 11) is 1.84. The van der Waals surface area contributed by atoms with E-state index in [0.717, 1.165) is 40.4 Å². The predicted molar refractivity (Wildman–Crippen MR) is 126 cm³/mol. The summed E-state index contributed by atoms with van der Waals surface area (Å²) in [5.41, 5.74) is 5.89.